The molecule has 1 N–H and O–H groups in total. The summed E-state index contributed by atoms with van der Waals surface area (Å²) >= 11 is 0. The highest BCUT2D eigenvalue weighted by atomic mass is 16.5. The Hall–Kier alpha value is -3.34. The molecule has 0 aliphatic heterocycles. The van der Waals surface area contributed by atoms with Gasteiger partial charge in [-0.25, -0.2) is 4.79 Å². The van der Waals surface area contributed by atoms with E-state index in [1.165, 1.54) is 0 Å². The summed E-state index contributed by atoms with van der Waals surface area (Å²) in [7, 11) is 0. The first-order valence-corrected chi connectivity index (χ1v) is 8.79. The van der Waals surface area contributed by atoms with Gasteiger partial charge in [0.15, 0.2) is 0 Å². The molecule has 0 radical (unpaired) electrons. The van der Waals surface area contributed by atoms with Crippen LogP contribution in [-0.4, -0.2) is 28.5 Å². The molecule has 0 fully saturated rings. The standard InChI is InChI=1S/C22H22N2O3/c1-4-27-22(26)17-7-5-9-20(12-17)24-15(2)11-18(16(24)3)14-23-19-8-6-10-21(25)13-19/h5-14,25H,4H2,1-3H3. The third kappa shape index (κ3) is 4.08. The lowest BCUT2D eigenvalue weighted by molar-refractivity contribution is 0.0526. The highest BCUT2D eigenvalue weighted by Gasteiger charge is 2.12. The minimum Gasteiger partial charge on any atom is -0.508 e. The molecule has 3 rings (SSSR count). The Morgan fingerprint density at radius 1 is 1.15 bits per heavy atom. The van der Waals surface area contributed by atoms with Gasteiger partial charge in [-0.15, -0.1) is 0 Å². The molecule has 5 nitrogen and oxygen atoms in total. The van der Waals surface area contributed by atoms with Crippen LogP contribution in [0.25, 0.3) is 5.69 Å². The number of nitrogens with zero attached hydrogens (tertiary/aromatic N) is 2. The maximum absolute atomic E-state index is 12.0. The van der Waals surface area contributed by atoms with Crippen molar-refractivity contribution < 1.29 is 14.6 Å². The molecule has 0 saturated carbocycles. The molecule has 3 aromatic rings. The number of phenols is 1. The molecular weight excluding hydrogens is 340 g/mol. The van der Waals surface area contributed by atoms with Crippen LogP contribution in [0.2, 0.25) is 0 Å². The molecular formula is C22H22N2O3. The van der Waals surface area contributed by atoms with E-state index in [4.69, 9.17) is 4.74 Å². The second-order valence-corrected chi connectivity index (χ2v) is 6.21. The van der Waals surface area contributed by atoms with Gasteiger partial charge in [0.2, 0.25) is 0 Å². The number of aliphatic imine (C=N–C) groups is 1. The van der Waals surface area contributed by atoms with Crippen LogP contribution in [0.15, 0.2) is 59.6 Å². The Morgan fingerprint density at radius 2 is 1.93 bits per heavy atom. The van der Waals surface area contributed by atoms with Crippen molar-refractivity contribution in [3.05, 3.63) is 77.1 Å². The minimum atomic E-state index is -0.326. The van der Waals surface area contributed by atoms with Gasteiger partial charge >= 0.3 is 5.97 Å². The van der Waals surface area contributed by atoms with Gasteiger partial charge in [-0.05, 0) is 57.2 Å². The zero-order valence-electron chi connectivity index (χ0n) is 15.6. The number of phenolic OH excluding ortho intramolecular Hbond substituents is 1. The molecule has 1 aromatic heterocycles. The highest BCUT2D eigenvalue weighted by Crippen LogP contribution is 2.23. The number of ether oxygens (including phenoxy) is 1. The summed E-state index contributed by atoms with van der Waals surface area (Å²) in [5.41, 5.74) is 5.12. The van der Waals surface area contributed by atoms with Crippen molar-refractivity contribution >= 4 is 17.9 Å². The van der Waals surface area contributed by atoms with Crippen LogP contribution in [0.4, 0.5) is 5.69 Å². The van der Waals surface area contributed by atoms with E-state index in [0.29, 0.717) is 17.9 Å². The third-order valence-electron chi connectivity index (χ3n) is 4.27. The van der Waals surface area contributed by atoms with E-state index >= 15 is 0 Å². The largest absolute Gasteiger partial charge is 0.508 e. The maximum Gasteiger partial charge on any atom is 0.338 e. The molecule has 0 bridgehead atoms. The Labute approximate surface area is 158 Å². The van der Waals surface area contributed by atoms with E-state index < -0.39 is 0 Å². The van der Waals surface area contributed by atoms with Gasteiger partial charge in [0.05, 0.1) is 17.9 Å². The Bertz CT molecular complexity index is 1000. The topological polar surface area (TPSA) is 63.8 Å². The fourth-order valence-corrected chi connectivity index (χ4v) is 3.02. The predicted molar refractivity (Wildman–Crippen MR) is 107 cm³/mol. The molecule has 0 spiro atoms. The van der Waals surface area contributed by atoms with Crippen molar-refractivity contribution in [2.75, 3.05) is 6.61 Å². The van der Waals surface area contributed by atoms with Gasteiger partial charge in [-0.1, -0.05) is 12.1 Å². The smallest absolute Gasteiger partial charge is 0.338 e. The van der Waals surface area contributed by atoms with Gasteiger partial charge in [0.25, 0.3) is 0 Å². The Kier molecular flexibility index (Phi) is 5.41. The van der Waals surface area contributed by atoms with Crippen molar-refractivity contribution in [2.24, 2.45) is 4.99 Å². The Balaban J connectivity index is 1.94. The highest BCUT2D eigenvalue weighted by molar-refractivity contribution is 5.90. The normalized spacial score (nSPS) is 11.1. The molecule has 0 amide bonds. The zero-order valence-corrected chi connectivity index (χ0v) is 15.6. The van der Waals surface area contributed by atoms with E-state index in [2.05, 4.69) is 9.56 Å². The first-order chi connectivity index (χ1) is 13.0. The number of benzene rings is 2. The van der Waals surface area contributed by atoms with E-state index in [1.807, 2.05) is 44.2 Å². The van der Waals surface area contributed by atoms with Gasteiger partial charge in [0, 0.05) is 34.9 Å². The molecule has 0 unspecified atom stereocenters. The molecule has 138 valence electrons. The fraction of sp³-hybridized carbons (Fsp3) is 0.182. The number of rotatable bonds is 5. The molecule has 0 aliphatic carbocycles. The summed E-state index contributed by atoms with van der Waals surface area (Å²) in [6, 6.07) is 16.2. The number of aryl methyl sites for hydroxylation is 1. The van der Waals surface area contributed by atoms with Crippen LogP contribution in [-0.2, 0) is 4.74 Å². The average Bonchev–Trinajstić information content (AvgIpc) is 2.94. The van der Waals surface area contributed by atoms with Crippen molar-refractivity contribution in [3.63, 3.8) is 0 Å². The van der Waals surface area contributed by atoms with Crippen molar-refractivity contribution in [1.29, 1.82) is 0 Å². The summed E-state index contributed by atoms with van der Waals surface area (Å²) in [6.07, 6.45) is 1.78. The van der Waals surface area contributed by atoms with Crippen LogP contribution >= 0.6 is 0 Å². The van der Waals surface area contributed by atoms with Gasteiger partial charge < -0.3 is 14.4 Å². The van der Waals surface area contributed by atoms with E-state index in [9.17, 15) is 9.90 Å². The maximum atomic E-state index is 12.0. The van der Waals surface area contributed by atoms with Crippen LogP contribution in [0, 0.1) is 13.8 Å². The van der Waals surface area contributed by atoms with Crippen molar-refractivity contribution in [3.8, 4) is 11.4 Å². The van der Waals surface area contributed by atoms with E-state index in [0.717, 1.165) is 22.6 Å². The fourth-order valence-electron chi connectivity index (χ4n) is 3.02. The monoisotopic (exact) mass is 362 g/mol. The SMILES string of the molecule is CCOC(=O)c1cccc(-n2c(C)cc(C=Nc3cccc(O)c3)c2C)c1. The molecule has 1 heterocycles. The molecule has 5 heteroatoms. The second-order valence-electron chi connectivity index (χ2n) is 6.21. The first-order valence-electron chi connectivity index (χ1n) is 8.79. The van der Waals surface area contributed by atoms with Crippen molar-refractivity contribution in [1.82, 2.24) is 4.57 Å². The predicted octanol–water partition coefficient (Wildman–Crippen LogP) is 4.73. The van der Waals surface area contributed by atoms with Crippen molar-refractivity contribution in [2.45, 2.75) is 20.8 Å². The first kappa shape index (κ1) is 18.5. The summed E-state index contributed by atoms with van der Waals surface area (Å²) in [5.74, 6) is -0.140. The summed E-state index contributed by atoms with van der Waals surface area (Å²) < 4.78 is 7.17. The van der Waals surface area contributed by atoms with E-state index in [-0.39, 0.29) is 11.7 Å². The molecule has 2 aromatic carbocycles. The van der Waals surface area contributed by atoms with Gasteiger partial charge in [0.1, 0.15) is 5.75 Å². The van der Waals surface area contributed by atoms with Crippen LogP contribution in [0.5, 0.6) is 5.75 Å². The molecule has 0 saturated heterocycles. The number of aromatic nitrogens is 1. The van der Waals surface area contributed by atoms with Crippen LogP contribution in [0.3, 0.4) is 0 Å². The van der Waals surface area contributed by atoms with E-state index in [1.54, 1.807) is 37.4 Å². The lowest BCUT2D eigenvalue weighted by Crippen LogP contribution is -2.06. The quantitative estimate of drug-likeness (QED) is 0.527. The summed E-state index contributed by atoms with van der Waals surface area (Å²) in [5, 5.41) is 9.55. The van der Waals surface area contributed by atoms with Crippen LogP contribution < -0.4 is 0 Å². The number of aromatic hydroxyl groups is 1. The lowest BCUT2D eigenvalue weighted by Gasteiger charge is -2.11. The number of carbonyl (C=O) groups is 1. The minimum absolute atomic E-state index is 0.186. The molecule has 27 heavy (non-hydrogen) atoms. The van der Waals surface area contributed by atoms with Crippen LogP contribution in [0.1, 0.15) is 34.2 Å². The number of esters is 1. The second kappa shape index (κ2) is 7.91. The summed E-state index contributed by atoms with van der Waals surface area (Å²) in [6.45, 7) is 6.16. The van der Waals surface area contributed by atoms with Gasteiger partial charge in [-0.3, -0.25) is 4.99 Å². The number of hydrogen-bond donors (Lipinski definition) is 1. The average molecular weight is 362 g/mol. The molecule has 0 aliphatic rings. The lowest BCUT2D eigenvalue weighted by atomic mass is 10.2. The third-order valence-corrected chi connectivity index (χ3v) is 4.27. The summed E-state index contributed by atoms with van der Waals surface area (Å²) in [4.78, 5) is 16.5. The number of hydrogen-bond acceptors (Lipinski definition) is 4. The molecule has 0 atom stereocenters. The Morgan fingerprint density at radius 3 is 2.67 bits per heavy atom. The van der Waals surface area contributed by atoms with Gasteiger partial charge in [-0.2, -0.15) is 0 Å². The zero-order chi connectivity index (χ0) is 19.4. The number of carbonyl (C=O) groups excluding carboxylic acids is 1.